The zero-order valence-electron chi connectivity index (χ0n) is 11.2. The highest BCUT2D eigenvalue weighted by Crippen LogP contribution is 2.40. The van der Waals surface area contributed by atoms with Gasteiger partial charge in [0.1, 0.15) is 5.92 Å². The van der Waals surface area contributed by atoms with Crippen molar-refractivity contribution in [3.8, 4) is 0 Å². The van der Waals surface area contributed by atoms with Crippen LogP contribution in [0.1, 0.15) is 5.56 Å². The second kappa shape index (κ2) is 5.27. The van der Waals surface area contributed by atoms with Crippen molar-refractivity contribution in [2.45, 2.75) is 19.1 Å². The number of rotatable bonds is 3. The van der Waals surface area contributed by atoms with Crippen LogP contribution >= 0.6 is 15.9 Å². The van der Waals surface area contributed by atoms with Gasteiger partial charge in [0.05, 0.1) is 23.8 Å². The van der Waals surface area contributed by atoms with Gasteiger partial charge in [0.15, 0.2) is 0 Å². The molecule has 4 atom stereocenters. The number of carboxylic acids is 1. The second-order valence-corrected chi connectivity index (χ2v) is 6.17. The van der Waals surface area contributed by atoms with Crippen molar-refractivity contribution >= 4 is 33.5 Å². The number of carbonyl (C=O) groups excluding carboxylic acids is 1. The number of fused-ring (bicyclic) bond motifs is 2. The van der Waals surface area contributed by atoms with E-state index in [-0.39, 0.29) is 5.91 Å². The largest absolute Gasteiger partial charge is 0.481 e. The number of anilines is 1. The molecule has 2 heterocycles. The van der Waals surface area contributed by atoms with Crippen LogP contribution in [0.5, 0.6) is 0 Å². The Morgan fingerprint density at radius 3 is 2.52 bits per heavy atom. The fourth-order valence-corrected chi connectivity index (χ4v) is 3.44. The Morgan fingerprint density at radius 1 is 1.24 bits per heavy atom. The molecule has 110 valence electrons. The van der Waals surface area contributed by atoms with E-state index in [1.54, 1.807) is 18.2 Å². The normalized spacial score (nSPS) is 29.6. The molecule has 1 amide bonds. The van der Waals surface area contributed by atoms with E-state index in [0.29, 0.717) is 5.69 Å². The predicted octanol–water partition coefficient (Wildman–Crippen LogP) is 2.35. The molecule has 0 radical (unpaired) electrons. The molecule has 5 nitrogen and oxygen atoms in total. The van der Waals surface area contributed by atoms with E-state index in [4.69, 9.17) is 4.74 Å². The summed E-state index contributed by atoms with van der Waals surface area (Å²) in [7, 11) is 0. The van der Waals surface area contributed by atoms with Crippen molar-refractivity contribution in [2.24, 2.45) is 11.8 Å². The number of aryl methyl sites for hydroxylation is 1. The summed E-state index contributed by atoms with van der Waals surface area (Å²) in [5, 5.41) is 12.1. The van der Waals surface area contributed by atoms with Crippen LogP contribution in [-0.2, 0) is 14.3 Å². The number of carbonyl (C=O) groups is 2. The maximum atomic E-state index is 12.4. The van der Waals surface area contributed by atoms with Gasteiger partial charge in [0.25, 0.3) is 0 Å². The highest BCUT2D eigenvalue weighted by atomic mass is 79.9. The standard InChI is InChI=1S/C15H14BrNO4/c1-7-2-3-9(8(16)6-7)17-14(18)12-10-4-5-11(21-10)13(12)15(19)20/h2-6,10-13H,1H3,(H,17,18)(H,19,20)/t10-,11-,12+,13-/m0/s1. The van der Waals surface area contributed by atoms with Crippen molar-refractivity contribution in [1.29, 1.82) is 0 Å². The van der Waals surface area contributed by atoms with Crippen LogP contribution in [0, 0.1) is 18.8 Å². The Morgan fingerprint density at radius 2 is 1.90 bits per heavy atom. The first-order valence-electron chi connectivity index (χ1n) is 6.61. The van der Waals surface area contributed by atoms with E-state index in [1.807, 2.05) is 19.1 Å². The molecule has 1 saturated heterocycles. The summed E-state index contributed by atoms with van der Waals surface area (Å²) in [6.45, 7) is 1.95. The first-order chi connectivity index (χ1) is 9.97. The Kier molecular flexibility index (Phi) is 3.59. The molecular formula is C15H14BrNO4. The molecule has 0 unspecified atom stereocenters. The van der Waals surface area contributed by atoms with Crippen molar-refractivity contribution in [3.05, 3.63) is 40.4 Å². The molecule has 1 aromatic carbocycles. The van der Waals surface area contributed by atoms with Gasteiger partial charge >= 0.3 is 5.97 Å². The summed E-state index contributed by atoms with van der Waals surface area (Å²) in [4.78, 5) is 23.8. The van der Waals surface area contributed by atoms with Gasteiger partial charge in [-0.1, -0.05) is 18.2 Å². The molecular weight excluding hydrogens is 338 g/mol. The summed E-state index contributed by atoms with van der Waals surface area (Å²) < 4.78 is 6.27. The lowest BCUT2D eigenvalue weighted by Crippen LogP contribution is -2.39. The third kappa shape index (κ3) is 2.49. The average molecular weight is 352 g/mol. The van der Waals surface area contributed by atoms with Crippen molar-refractivity contribution < 1.29 is 19.4 Å². The van der Waals surface area contributed by atoms with Crippen LogP contribution in [-0.4, -0.2) is 29.2 Å². The average Bonchev–Trinajstić information content (AvgIpc) is 3.02. The number of halogens is 1. The lowest BCUT2D eigenvalue weighted by molar-refractivity contribution is -0.145. The SMILES string of the molecule is Cc1ccc(NC(=O)[C@H]2[C@@H](C(=O)O)[C@@H]3C=C[C@@H]2O3)c(Br)c1. The van der Waals surface area contributed by atoms with Crippen LogP contribution in [0.3, 0.4) is 0 Å². The first-order valence-corrected chi connectivity index (χ1v) is 7.40. The van der Waals surface area contributed by atoms with Gasteiger partial charge in [-0.3, -0.25) is 9.59 Å². The smallest absolute Gasteiger partial charge is 0.310 e. The van der Waals surface area contributed by atoms with Crippen molar-refractivity contribution in [2.75, 3.05) is 5.32 Å². The van der Waals surface area contributed by atoms with E-state index < -0.39 is 30.0 Å². The fraction of sp³-hybridized carbons (Fsp3) is 0.333. The molecule has 0 spiro atoms. The molecule has 0 aromatic heterocycles. The molecule has 0 saturated carbocycles. The van der Waals surface area contributed by atoms with Gasteiger partial charge < -0.3 is 15.2 Å². The van der Waals surface area contributed by atoms with Gasteiger partial charge in [0.2, 0.25) is 5.91 Å². The number of aliphatic carboxylic acids is 1. The third-order valence-electron chi connectivity index (χ3n) is 3.87. The number of hydrogen-bond donors (Lipinski definition) is 2. The summed E-state index contributed by atoms with van der Waals surface area (Å²) in [6, 6.07) is 5.56. The third-order valence-corrected chi connectivity index (χ3v) is 4.53. The molecule has 2 aliphatic rings. The Bertz CT molecular complexity index is 643. The predicted molar refractivity (Wildman–Crippen MR) is 79.9 cm³/mol. The molecule has 1 aromatic rings. The zero-order valence-corrected chi connectivity index (χ0v) is 12.8. The Hall–Kier alpha value is -1.66. The lowest BCUT2D eigenvalue weighted by Gasteiger charge is -2.21. The van der Waals surface area contributed by atoms with Crippen LogP contribution in [0.4, 0.5) is 5.69 Å². The highest BCUT2D eigenvalue weighted by molar-refractivity contribution is 9.10. The fourth-order valence-electron chi connectivity index (χ4n) is 2.85. The van der Waals surface area contributed by atoms with Crippen LogP contribution in [0.25, 0.3) is 0 Å². The van der Waals surface area contributed by atoms with Gasteiger partial charge in [-0.2, -0.15) is 0 Å². The summed E-state index contributed by atoms with van der Waals surface area (Å²) >= 11 is 3.39. The van der Waals surface area contributed by atoms with E-state index in [2.05, 4.69) is 21.2 Å². The number of ether oxygens (including phenoxy) is 1. The molecule has 2 bridgehead atoms. The number of hydrogen-bond acceptors (Lipinski definition) is 3. The van der Waals surface area contributed by atoms with Crippen LogP contribution < -0.4 is 5.32 Å². The van der Waals surface area contributed by atoms with Crippen LogP contribution in [0.2, 0.25) is 0 Å². The number of carboxylic acid groups (broad SMARTS) is 1. The van der Waals surface area contributed by atoms with Gasteiger partial charge in [0, 0.05) is 4.47 Å². The van der Waals surface area contributed by atoms with E-state index in [0.717, 1.165) is 10.0 Å². The molecule has 6 heteroatoms. The molecule has 3 rings (SSSR count). The molecule has 1 fully saturated rings. The minimum atomic E-state index is -1.00. The van der Waals surface area contributed by atoms with E-state index in [1.165, 1.54) is 0 Å². The Labute approximate surface area is 130 Å². The van der Waals surface area contributed by atoms with Gasteiger partial charge in [-0.05, 0) is 40.5 Å². The maximum absolute atomic E-state index is 12.4. The van der Waals surface area contributed by atoms with E-state index >= 15 is 0 Å². The quantitative estimate of drug-likeness (QED) is 0.819. The number of benzene rings is 1. The molecule has 2 aliphatic heterocycles. The lowest BCUT2D eigenvalue weighted by atomic mass is 9.82. The zero-order chi connectivity index (χ0) is 15.1. The molecule has 21 heavy (non-hydrogen) atoms. The molecule has 0 aliphatic carbocycles. The minimum absolute atomic E-state index is 0.330. The summed E-state index contributed by atoms with van der Waals surface area (Å²) in [5.41, 5.74) is 1.69. The van der Waals surface area contributed by atoms with E-state index in [9.17, 15) is 14.7 Å². The molecule has 2 N–H and O–H groups in total. The van der Waals surface area contributed by atoms with Crippen molar-refractivity contribution in [1.82, 2.24) is 0 Å². The number of amides is 1. The van der Waals surface area contributed by atoms with Crippen LogP contribution in [0.15, 0.2) is 34.8 Å². The van der Waals surface area contributed by atoms with Gasteiger partial charge in [-0.15, -0.1) is 0 Å². The summed E-state index contributed by atoms with van der Waals surface area (Å²) in [6.07, 6.45) is 2.51. The van der Waals surface area contributed by atoms with Gasteiger partial charge in [-0.25, -0.2) is 0 Å². The summed E-state index contributed by atoms with van der Waals surface area (Å²) in [5.74, 6) is -2.87. The highest BCUT2D eigenvalue weighted by Gasteiger charge is 2.53. The second-order valence-electron chi connectivity index (χ2n) is 5.31. The Balaban J connectivity index is 1.82. The number of nitrogens with one attached hydrogen (secondary N) is 1. The maximum Gasteiger partial charge on any atom is 0.310 e. The first kappa shape index (κ1) is 14.3. The minimum Gasteiger partial charge on any atom is -0.481 e. The monoisotopic (exact) mass is 351 g/mol. The van der Waals surface area contributed by atoms with Crippen molar-refractivity contribution in [3.63, 3.8) is 0 Å². The topological polar surface area (TPSA) is 75.6 Å².